The van der Waals surface area contributed by atoms with Gasteiger partial charge in [-0.15, -0.1) is 0 Å². The summed E-state index contributed by atoms with van der Waals surface area (Å²) in [5.41, 5.74) is 0.682. The van der Waals surface area contributed by atoms with Gasteiger partial charge in [0.05, 0.1) is 37.8 Å². The van der Waals surface area contributed by atoms with Crippen LogP contribution in [0, 0.1) is 0 Å². The van der Waals surface area contributed by atoms with E-state index in [9.17, 15) is 8.42 Å². The fraction of sp³-hybridized carbons (Fsp3) is 0.545. The molecule has 0 fully saturated rings. The molecular weight excluding hydrogens is 256 g/mol. The van der Waals surface area contributed by atoms with Crippen molar-refractivity contribution in [2.45, 2.75) is 6.54 Å². The number of hydrogen-bond donors (Lipinski definition) is 1. The third kappa shape index (κ3) is 6.65. The maximum atomic E-state index is 11.6. The highest BCUT2D eigenvalue weighted by Crippen LogP contribution is 1.94. The van der Waals surface area contributed by atoms with Gasteiger partial charge in [0, 0.05) is 13.3 Å². The summed E-state index contributed by atoms with van der Waals surface area (Å²) < 4.78 is 35.5. The second-order valence-electron chi connectivity index (χ2n) is 3.57. The smallest absolute Gasteiger partial charge is 0.214 e. The van der Waals surface area contributed by atoms with E-state index in [1.807, 2.05) is 6.07 Å². The van der Waals surface area contributed by atoms with Crippen molar-refractivity contribution >= 4 is 10.0 Å². The lowest BCUT2D eigenvalue weighted by molar-refractivity contribution is 0.0784. The number of nitrogens with one attached hydrogen (secondary N) is 1. The Morgan fingerprint density at radius 1 is 1.28 bits per heavy atom. The van der Waals surface area contributed by atoms with E-state index in [2.05, 4.69) is 9.71 Å². The van der Waals surface area contributed by atoms with E-state index in [1.54, 1.807) is 25.4 Å². The Morgan fingerprint density at radius 2 is 2.11 bits per heavy atom. The molecular formula is C11H18N2O4S. The third-order valence-electron chi connectivity index (χ3n) is 2.13. The lowest BCUT2D eigenvalue weighted by atomic mass is 10.4. The fourth-order valence-electron chi connectivity index (χ4n) is 1.17. The van der Waals surface area contributed by atoms with Crippen LogP contribution >= 0.6 is 0 Å². The minimum absolute atomic E-state index is 0.0659. The van der Waals surface area contributed by atoms with Crippen molar-refractivity contribution in [1.82, 2.24) is 9.71 Å². The Balaban J connectivity index is 2.23. The average Bonchev–Trinajstić information content (AvgIpc) is 2.38. The lowest BCUT2D eigenvalue weighted by Crippen LogP contribution is -2.28. The minimum Gasteiger partial charge on any atom is -0.382 e. The van der Waals surface area contributed by atoms with Gasteiger partial charge in [0.2, 0.25) is 10.0 Å². The molecule has 0 atom stereocenters. The number of aromatic nitrogens is 1. The predicted octanol–water partition coefficient (Wildman–Crippen LogP) is 0.164. The summed E-state index contributed by atoms with van der Waals surface area (Å²) >= 11 is 0. The van der Waals surface area contributed by atoms with Gasteiger partial charge < -0.3 is 9.47 Å². The molecule has 0 aromatic carbocycles. The molecule has 0 bridgehead atoms. The Labute approximate surface area is 107 Å². The van der Waals surface area contributed by atoms with Crippen LogP contribution in [-0.4, -0.2) is 46.1 Å². The van der Waals surface area contributed by atoms with Gasteiger partial charge >= 0.3 is 0 Å². The highest BCUT2D eigenvalue weighted by Gasteiger charge is 2.09. The molecule has 1 aromatic heterocycles. The minimum atomic E-state index is -3.32. The molecule has 0 unspecified atom stereocenters. The van der Waals surface area contributed by atoms with E-state index in [0.717, 1.165) is 0 Å². The topological polar surface area (TPSA) is 77.5 Å². The molecule has 0 aliphatic rings. The maximum absolute atomic E-state index is 11.6. The number of ether oxygens (including phenoxy) is 2. The van der Waals surface area contributed by atoms with E-state index in [-0.39, 0.29) is 18.9 Å². The molecule has 0 aliphatic carbocycles. The first-order chi connectivity index (χ1) is 8.64. The molecule has 6 nitrogen and oxygen atoms in total. The molecule has 1 heterocycles. The fourth-order valence-corrected chi connectivity index (χ4v) is 2.02. The van der Waals surface area contributed by atoms with Crippen LogP contribution in [0.4, 0.5) is 0 Å². The monoisotopic (exact) mass is 274 g/mol. The van der Waals surface area contributed by atoms with Crippen molar-refractivity contribution < 1.29 is 17.9 Å². The van der Waals surface area contributed by atoms with Gasteiger partial charge in [0.25, 0.3) is 0 Å². The Kier molecular flexibility index (Phi) is 6.81. The van der Waals surface area contributed by atoms with E-state index in [1.165, 1.54) is 0 Å². The summed E-state index contributed by atoms with van der Waals surface area (Å²) in [7, 11) is -1.76. The normalized spacial score (nSPS) is 11.6. The Morgan fingerprint density at radius 3 is 2.78 bits per heavy atom. The third-order valence-corrected chi connectivity index (χ3v) is 3.42. The van der Waals surface area contributed by atoms with E-state index in [4.69, 9.17) is 9.47 Å². The molecule has 0 saturated carbocycles. The summed E-state index contributed by atoms with van der Waals surface area (Å²) in [6, 6.07) is 5.35. The van der Waals surface area contributed by atoms with Crippen LogP contribution in [0.25, 0.3) is 0 Å². The zero-order valence-electron chi connectivity index (χ0n) is 10.3. The standard InChI is InChI=1S/C11H18N2O4S/c1-16-6-7-17-8-9-18(14,15)13-10-11-4-2-3-5-12-11/h2-5,13H,6-10H2,1H3. The number of hydrogen-bond acceptors (Lipinski definition) is 5. The largest absolute Gasteiger partial charge is 0.382 e. The number of nitrogens with zero attached hydrogens (tertiary/aromatic N) is 1. The van der Waals surface area contributed by atoms with Crippen LogP contribution in [0.2, 0.25) is 0 Å². The first-order valence-corrected chi connectivity index (χ1v) is 7.23. The van der Waals surface area contributed by atoms with Crippen molar-refractivity contribution in [2.75, 3.05) is 32.7 Å². The van der Waals surface area contributed by atoms with Gasteiger partial charge in [-0.25, -0.2) is 13.1 Å². The van der Waals surface area contributed by atoms with Crippen molar-refractivity contribution in [3.05, 3.63) is 30.1 Å². The number of methoxy groups -OCH3 is 1. The summed E-state index contributed by atoms with van der Waals surface area (Å²) in [6.45, 7) is 1.20. The van der Waals surface area contributed by atoms with Crippen LogP contribution in [0.15, 0.2) is 24.4 Å². The molecule has 0 aliphatic heterocycles. The molecule has 1 aromatic rings. The molecule has 1 rings (SSSR count). The lowest BCUT2D eigenvalue weighted by Gasteiger charge is -2.07. The van der Waals surface area contributed by atoms with Gasteiger partial charge in [-0.2, -0.15) is 0 Å². The van der Waals surface area contributed by atoms with E-state index >= 15 is 0 Å². The van der Waals surface area contributed by atoms with Crippen LogP contribution < -0.4 is 4.72 Å². The van der Waals surface area contributed by atoms with Gasteiger partial charge in [0.1, 0.15) is 0 Å². The summed E-state index contributed by atoms with van der Waals surface area (Å²) in [5, 5.41) is 0. The van der Waals surface area contributed by atoms with Crippen LogP contribution in [0.1, 0.15) is 5.69 Å². The Bertz CT molecular complexity index is 422. The SMILES string of the molecule is COCCOCCS(=O)(=O)NCc1ccccn1. The maximum Gasteiger partial charge on any atom is 0.214 e. The number of sulfonamides is 1. The van der Waals surface area contributed by atoms with E-state index < -0.39 is 10.0 Å². The first kappa shape index (κ1) is 15.0. The molecule has 18 heavy (non-hydrogen) atoms. The van der Waals surface area contributed by atoms with Gasteiger partial charge in [-0.1, -0.05) is 6.07 Å². The highest BCUT2D eigenvalue weighted by molar-refractivity contribution is 7.89. The van der Waals surface area contributed by atoms with Crippen molar-refractivity contribution in [3.63, 3.8) is 0 Å². The van der Waals surface area contributed by atoms with Crippen molar-refractivity contribution in [2.24, 2.45) is 0 Å². The predicted molar refractivity (Wildman–Crippen MR) is 67.6 cm³/mol. The molecule has 0 spiro atoms. The summed E-state index contributed by atoms with van der Waals surface area (Å²) in [6.07, 6.45) is 1.62. The van der Waals surface area contributed by atoms with Crippen LogP contribution in [0.5, 0.6) is 0 Å². The average molecular weight is 274 g/mol. The van der Waals surface area contributed by atoms with Crippen molar-refractivity contribution in [1.29, 1.82) is 0 Å². The molecule has 0 radical (unpaired) electrons. The van der Waals surface area contributed by atoms with Gasteiger partial charge in [0.15, 0.2) is 0 Å². The second kappa shape index (κ2) is 8.15. The van der Waals surface area contributed by atoms with Crippen molar-refractivity contribution in [3.8, 4) is 0 Å². The van der Waals surface area contributed by atoms with Crippen LogP contribution in [-0.2, 0) is 26.0 Å². The Hall–Kier alpha value is -1.02. The second-order valence-corrected chi connectivity index (χ2v) is 5.49. The molecule has 1 N–H and O–H groups in total. The van der Waals surface area contributed by atoms with Crippen LogP contribution in [0.3, 0.4) is 0 Å². The van der Waals surface area contributed by atoms with Gasteiger partial charge in [-0.3, -0.25) is 4.98 Å². The molecule has 7 heteroatoms. The first-order valence-electron chi connectivity index (χ1n) is 5.58. The quantitative estimate of drug-likeness (QED) is 0.649. The van der Waals surface area contributed by atoms with E-state index in [0.29, 0.717) is 18.9 Å². The zero-order chi connectivity index (χ0) is 13.3. The zero-order valence-corrected chi connectivity index (χ0v) is 11.1. The highest BCUT2D eigenvalue weighted by atomic mass is 32.2. The summed E-state index contributed by atoms with van der Waals surface area (Å²) in [5.74, 6) is -0.0659. The molecule has 102 valence electrons. The number of pyridine rings is 1. The summed E-state index contributed by atoms with van der Waals surface area (Å²) in [4.78, 5) is 4.03. The van der Waals surface area contributed by atoms with Gasteiger partial charge in [-0.05, 0) is 12.1 Å². The molecule has 0 amide bonds. The molecule has 0 saturated heterocycles. The number of rotatable bonds is 9.